The van der Waals surface area contributed by atoms with Crippen LogP contribution in [0.3, 0.4) is 0 Å². The molecule has 0 aliphatic carbocycles. The summed E-state index contributed by atoms with van der Waals surface area (Å²) in [5.41, 5.74) is 0.267. The maximum absolute atomic E-state index is 6.50. The molecular weight excluding hydrogens is 348 g/mol. The monoisotopic (exact) mass is 392 g/mol. The van der Waals surface area contributed by atoms with Gasteiger partial charge in [-0.1, -0.05) is 27.7 Å². The van der Waals surface area contributed by atoms with Gasteiger partial charge in [0.15, 0.2) is 0 Å². The van der Waals surface area contributed by atoms with E-state index in [9.17, 15) is 0 Å². The third-order valence-corrected chi connectivity index (χ3v) is 11.9. The highest BCUT2D eigenvalue weighted by atomic mass is 28.4. The van der Waals surface area contributed by atoms with Crippen molar-refractivity contribution in [1.82, 2.24) is 0 Å². The minimum absolute atomic E-state index is 0.252. The minimum atomic E-state index is -2.49. The van der Waals surface area contributed by atoms with E-state index in [1.165, 1.54) is 0 Å². The molecule has 0 N–H and O–H groups in total. The molecule has 0 spiro atoms. The van der Waals surface area contributed by atoms with Crippen molar-refractivity contribution in [1.29, 1.82) is 0 Å². The maximum Gasteiger partial charge on any atom is 0.337 e. The van der Waals surface area contributed by atoms with Gasteiger partial charge in [-0.05, 0) is 66.5 Å². The lowest BCUT2D eigenvalue weighted by Gasteiger charge is -2.42. The summed E-state index contributed by atoms with van der Waals surface area (Å²) in [4.78, 5) is 0. The van der Waals surface area contributed by atoms with E-state index >= 15 is 0 Å². The van der Waals surface area contributed by atoms with Gasteiger partial charge < -0.3 is 17.7 Å². The van der Waals surface area contributed by atoms with Crippen molar-refractivity contribution >= 4 is 17.1 Å². The largest absolute Gasteiger partial charge is 0.394 e. The first-order valence-electron chi connectivity index (χ1n) is 9.64. The summed E-state index contributed by atoms with van der Waals surface area (Å²) in [5.74, 6) is 0.962. The molecule has 4 nitrogen and oxygen atoms in total. The molecule has 0 atom stereocenters. The van der Waals surface area contributed by atoms with E-state index in [0.717, 1.165) is 18.9 Å². The summed E-state index contributed by atoms with van der Waals surface area (Å²) in [6.45, 7) is 27.0. The molecule has 0 rings (SSSR count). The summed E-state index contributed by atoms with van der Waals surface area (Å²) in [6.07, 6.45) is 0. The van der Waals surface area contributed by atoms with Gasteiger partial charge in [0, 0.05) is 18.9 Å². The topological polar surface area (TPSA) is 36.9 Å². The predicted molar refractivity (Wildman–Crippen MR) is 111 cm³/mol. The van der Waals surface area contributed by atoms with Crippen LogP contribution < -0.4 is 0 Å². The van der Waals surface area contributed by atoms with Gasteiger partial charge in [-0.15, -0.1) is 0 Å². The van der Waals surface area contributed by atoms with E-state index in [0.29, 0.717) is 11.8 Å². The van der Waals surface area contributed by atoms with Crippen LogP contribution in [0.5, 0.6) is 0 Å². The molecule has 0 aliphatic heterocycles. The SMILES string of the molecule is CC(C)CO[Si](C)(C[Si](C)(OC(C)(C)C)OC(C)(C)C)OCC(C)C. The third-order valence-electron chi connectivity index (χ3n) is 3.13. The molecule has 0 fully saturated rings. The standard InChI is InChI=1S/C19H44O4Si2/c1-16(2)13-20-24(11,21-14-17(3)4)15-25(12,22-18(5,6)7)23-19(8,9)10/h16-17H,13-15H2,1-12H3. The van der Waals surface area contributed by atoms with E-state index < -0.39 is 17.1 Å². The first-order chi connectivity index (χ1) is 11.0. The molecule has 0 amide bonds. The van der Waals surface area contributed by atoms with Gasteiger partial charge in [-0.25, -0.2) is 0 Å². The van der Waals surface area contributed by atoms with Crippen molar-refractivity contribution in [3.8, 4) is 0 Å². The van der Waals surface area contributed by atoms with Gasteiger partial charge in [0.1, 0.15) is 0 Å². The molecule has 0 aromatic carbocycles. The van der Waals surface area contributed by atoms with Crippen molar-refractivity contribution < 1.29 is 17.7 Å². The lowest BCUT2D eigenvalue weighted by molar-refractivity contribution is 0.0176. The zero-order valence-corrected chi connectivity index (χ0v) is 20.9. The van der Waals surface area contributed by atoms with Gasteiger partial charge in [-0.3, -0.25) is 0 Å². The lowest BCUT2D eigenvalue weighted by Crippen LogP contribution is -2.57. The van der Waals surface area contributed by atoms with E-state index in [4.69, 9.17) is 17.7 Å². The molecule has 0 aromatic rings. The van der Waals surface area contributed by atoms with Gasteiger partial charge in [-0.2, -0.15) is 0 Å². The summed E-state index contributed by atoms with van der Waals surface area (Å²) in [6, 6.07) is 0. The first-order valence-corrected chi connectivity index (χ1v) is 14.7. The van der Waals surface area contributed by atoms with Crippen LogP contribution in [0.25, 0.3) is 0 Å². The predicted octanol–water partition coefficient (Wildman–Crippen LogP) is 5.65. The van der Waals surface area contributed by atoms with E-state index in [1.54, 1.807) is 0 Å². The van der Waals surface area contributed by atoms with Crippen LogP contribution in [0.1, 0.15) is 69.2 Å². The van der Waals surface area contributed by atoms with Gasteiger partial charge in [0.05, 0.1) is 11.2 Å². The Morgan fingerprint density at radius 2 is 0.960 bits per heavy atom. The molecule has 25 heavy (non-hydrogen) atoms. The molecule has 0 unspecified atom stereocenters. The number of hydrogen-bond donors (Lipinski definition) is 0. The highest BCUT2D eigenvalue weighted by molar-refractivity contribution is 6.85. The Bertz CT molecular complexity index is 356. The normalized spacial score (nSPS) is 14.6. The van der Waals surface area contributed by atoms with E-state index in [1.807, 2.05) is 0 Å². The van der Waals surface area contributed by atoms with Gasteiger partial charge >= 0.3 is 17.1 Å². The summed E-state index contributed by atoms with van der Waals surface area (Å²) >= 11 is 0. The van der Waals surface area contributed by atoms with Gasteiger partial charge in [0.25, 0.3) is 0 Å². The van der Waals surface area contributed by atoms with Crippen molar-refractivity contribution in [2.24, 2.45) is 11.8 Å². The van der Waals surface area contributed by atoms with Crippen molar-refractivity contribution in [2.45, 2.75) is 99.2 Å². The van der Waals surface area contributed by atoms with Crippen LogP contribution >= 0.6 is 0 Å². The van der Waals surface area contributed by atoms with Crippen LogP contribution in [0.15, 0.2) is 0 Å². The quantitative estimate of drug-likeness (QED) is 0.450. The van der Waals surface area contributed by atoms with Crippen molar-refractivity contribution in [3.63, 3.8) is 0 Å². The number of hydrogen-bond acceptors (Lipinski definition) is 4. The average molecular weight is 393 g/mol. The Morgan fingerprint density at radius 3 is 1.20 bits per heavy atom. The molecule has 0 radical (unpaired) electrons. The zero-order valence-electron chi connectivity index (χ0n) is 18.9. The van der Waals surface area contributed by atoms with Crippen LogP contribution in [-0.4, -0.2) is 41.5 Å². The minimum Gasteiger partial charge on any atom is -0.394 e. The molecule has 0 saturated heterocycles. The molecule has 152 valence electrons. The lowest BCUT2D eigenvalue weighted by atomic mass is 10.2. The average Bonchev–Trinajstić information content (AvgIpc) is 2.28. The van der Waals surface area contributed by atoms with E-state index in [-0.39, 0.29) is 11.2 Å². The fraction of sp³-hybridized carbons (Fsp3) is 1.00. The Balaban J connectivity index is 5.46. The maximum atomic E-state index is 6.50. The Hall–Kier alpha value is 0.274. The highest BCUT2D eigenvalue weighted by Crippen LogP contribution is 2.32. The van der Waals surface area contributed by atoms with Crippen LogP contribution in [-0.2, 0) is 17.7 Å². The Labute approximate surface area is 159 Å². The number of rotatable bonds is 10. The summed E-state index contributed by atoms with van der Waals surface area (Å²) in [7, 11) is -4.89. The summed E-state index contributed by atoms with van der Waals surface area (Å²) in [5, 5.41) is 0. The van der Waals surface area contributed by atoms with Crippen LogP contribution in [0.2, 0.25) is 18.8 Å². The zero-order chi connectivity index (χ0) is 20.1. The highest BCUT2D eigenvalue weighted by Gasteiger charge is 2.49. The molecule has 0 aromatic heterocycles. The molecule has 0 aliphatic rings. The fourth-order valence-electron chi connectivity index (χ4n) is 2.80. The summed E-state index contributed by atoms with van der Waals surface area (Å²) < 4.78 is 25.7. The Kier molecular flexibility index (Phi) is 9.57. The molecule has 0 bridgehead atoms. The van der Waals surface area contributed by atoms with Crippen LogP contribution in [0, 0.1) is 11.8 Å². The smallest absolute Gasteiger partial charge is 0.337 e. The van der Waals surface area contributed by atoms with Crippen molar-refractivity contribution in [2.75, 3.05) is 13.2 Å². The van der Waals surface area contributed by atoms with E-state index in [2.05, 4.69) is 82.3 Å². The molecule has 0 heterocycles. The second-order valence-electron chi connectivity index (χ2n) is 10.3. The first kappa shape index (κ1) is 25.3. The second kappa shape index (κ2) is 9.46. The van der Waals surface area contributed by atoms with Crippen molar-refractivity contribution in [3.05, 3.63) is 0 Å². The van der Waals surface area contributed by atoms with Crippen LogP contribution in [0.4, 0.5) is 0 Å². The second-order valence-corrected chi connectivity index (χ2v) is 17.2. The Morgan fingerprint density at radius 1 is 0.640 bits per heavy atom. The fourth-order valence-corrected chi connectivity index (χ4v) is 12.9. The molecule has 6 heteroatoms. The third kappa shape index (κ3) is 13.1. The van der Waals surface area contributed by atoms with Gasteiger partial charge in [0.2, 0.25) is 0 Å². The molecular formula is C19H44O4Si2. The molecule has 0 saturated carbocycles.